The molecule has 94 valence electrons. The van der Waals surface area contributed by atoms with Crippen molar-refractivity contribution >= 4 is 15.9 Å². The van der Waals surface area contributed by atoms with Gasteiger partial charge in [-0.3, -0.25) is 0 Å². The first-order valence-corrected chi connectivity index (χ1v) is 7.09. The maximum atomic E-state index is 3.60. The summed E-state index contributed by atoms with van der Waals surface area (Å²) < 4.78 is 1.19. The summed E-state index contributed by atoms with van der Waals surface area (Å²) in [6.45, 7) is 6.74. The lowest BCUT2D eigenvalue weighted by Crippen LogP contribution is -2.10. The van der Waals surface area contributed by atoms with Gasteiger partial charge in [-0.05, 0) is 34.6 Å². The molecule has 0 spiro atoms. The van der Waals surface area contributed by atoms with Crippen LogP contribution in [0.5, 0.6) is 0 Å². The quantitative estimate of drug-likeness (QED) is 0.702. The average molecular weight is 303 g/mol. The molecule has 2 rings (SSSR count). The summed E-state index contributed by atoms with van der Waals surface area (Å²) in [7, 11) is 0. The van der Waals surface area contributed by atoms with Crippen LogP contribution in [0.1, 0.15) is 37.5 Å². The molecule has 0 bridgehead atoms. The van der Waals surface area contributed by atoms with Crippen molar-refractivity contribution in [3.05, 3.63) is 69.7 Å². The van der Waals surface area contributed by atoms with E-state index in [2.05, 4.69) is 85.2 Å². The van der Waals surface area contributed by atoms with Crippen molar-refractivity contribution in [2.45, 2.75) is 32.6 Å². The van der Waals surface area contributed by atoms with E-state index in [0.29, 0.717) is 0 Å². The highest BCUT2D eigenvalue weighted by molar-refractivity contribution is 9.10. The van der Waals surface area contributed by atoms with E-state index < -0.39 is 0 Å². The fourth-order valence-corrected chi connectivity index (χ4v) is 2.41. The fourth-order valence-electron chi connectivity index (χ4n) is 1.98. The summed E-state index contributed by atoms with van der Waals surface area (Å²) >= 11 is 3.60. The van der Waals surface area contributed by atoms with Gasteiger partial charge < -0.3 is 0 Å². The molecule has 0 heterocycles. The molecule has 0 radical (unpaired) electrons. The molecule has 0 unspecified atom stereocenters. The van der Waals surface area contributed by atoms with Crippen molar-refractivity contribution in [3.63, 3.8) is 0 Å². The van der Waals surface area contributed by atoms with Crippen LogP contribution in [-0.2, 0) is 11.8 Å². The molecule has 0 aromatic heterocycles. The second-order valence-corrected chi connectivity index (χ2v) is 6.57. The first-order chi connectivity index (χ1) is 8.47. The molecule has 0 saturated carbocycles. The molecule has 1 heteroatoms. The Morgan fingerprint density at radius 1 is 0.889 bits per heavy atom. The Balaban J connectivity index is 2.19. The average Bonchev–Trinajstić information content (AvgIpc) is 2.32. The Hall–Kier alpha value is -1.08. The van der Waals surface area contributed by atoms with Gasteiger partial charge in [-0.25, -0.2) is 0 Å². The van der Waals surface area contributed by atoms with Gasteiger partial charge in [-0.1, -0.05) is 79.2 Å². The molecule has 0 atom stereocenters. The van der Waals surface area contributed by atoms with E-state index in [1.807, 2.05) is 0 Å². The Morgan fingerprint density at radius 2 is 1.50 bits per heavy atom. The van der Waals surface area contributed by atoms with E-state index in [0.717, 1.165) is 6.42 Å². The van der Waals surface area contributed by atoms with Crippen molar-refractivity contribution in [3.8, 4) is 0 Å². The highest BCUT2D eigenvalue weighted by Gasteiger charge is 2.12. The monoisotopic (exact) mass is 302 g/mol. The molecule has 0 N–H and O–H groups in total. The van der Waals surface area contributed by atoms with E-state index >= 15 is 0 Å². The van der Waals surface area contributed by atoms with Crippen LogP contribution in [-0.4, -0.2) is 0 Å². The first-order valence-electron chi connectivity index (χ1n) is 6.29. The fraction of sp³-hybridized carbons (Fsp3) is 0.294. The summed E-state index contributed by atoms with van der Waals surface area (Å²) in [4.78, 5) is 0. The molecule has 0 aliphatic rings. The molecule has 0 amide bonds. The zero-order chi connectivity index (χ0) is 13.2. The third kappa shape index (κ3) is 3.23. The maximum absolute atomic E-state index is 3.60. The summed E-state index contributed by atoms with van der Waals surface area (Å²) in [5.74, 6) is 0. The highest BCUT2D eigenvalue weighted by atomic mass is 79.9. The SMILES string of the molecule is CC(C)(C)c1ccc(Cc2ccccc2Br)cc1. The van der Waals surface area contributed by atoms with Crippen molar-refractivity contribution < 1.29 is 0 Å². The van der Waals surface area contributed by atoms with Crippen molar-refractivity contribution in [1.82, 2.24) is 0 Å². The normalized spacial score (nSPS) is 11.6. The molecule has 18 heavy (non-hydrogen) atoms. The predicted octanol–water partition coefficient (Wildman–Crippen LogP) is 5.34. The van der Waals surface area contributed by atoms with Gasteiger partial charge >= 0.3 is 0 Å². The number of benzene rings is 2. The number of hydrogen-bond donors (Lipinski definition) is 0. The molecular formula is C17H19Br. The van der Waals surface area contributed by atoms with Crippen LogP contribution in [0.15, 0.2) is 53.0 Å². The largest absolute Gasteiger partial charge is 0.0619 e. The van der Waals surface area contributed by atoms with Gasteiger partial charge in [-0.15, -0.1) is 0 Å². The molecule has 0 fully saturated rings. The zero-order valence-corrected chi connectivity index (χ0v) is 12.8. The standard InChI is InChI=1S/C17H19Br/c1-17(2,3)15-10-8-13(9-11-15)12-14-6-4-5-7-16(14)18/h4-11H,12H2,1-3H3. The van der Waals surface area contributed by atoms with Gasteiger partial charge in [-0.2, -0.15) is 0 Å². The van der Waals surface area contributed by atoms with E-state index in [4.69, 9.17) is 0 Å². The molecule has 2 aromatic carbocycles. The summed E-state index contributed by atoms with van der Waals surface area (Å²) in [6.07, 6.45) is 0.978. The van der Waals surface area contributed by atoms with Gasteiger partial charge in [0.2, 0.25) is 0 Å². The molecule has 2 aromatic rings. The Labute approximate surface area is 118 Å². The lowest BCUT2D eigenvalue weighted by molar-refractivity contribution is 0.590. The van der Waals surface area contributed by atoms with Crippen LogP contribution in [0.3, 0.4) is 0 Å². The van der Waals surface area contributed by atoms with Crippen LogP contribution in [0, 0.1) is 0 Å². The van der Waals surface area contributed by atoms with Gasteiger partial charge in [0.1, 0.15) is 0 Å². The van der Waals surface area contributed by atoms with Crippen molar-refractivity contribution in [1.29, 1.82) is 0 Å². The topological polar surface area (TPSA) is 0 Å². The minimum absolute atomic E-state index is 0.228. The predicted molar refractivity (Wildman–Crippen MR) is 82.1 cm³/mol. The second-order valence-electron chi connectivity index (χ2n) is 5.72. The van der Waals surface area contributed by atoms with Crippen LogP contribution in [0.4, 0.5) is 0 Å². The number of hydrogen-bond acceptors (Lipinski definition) is 0. The van der Waals surface area contributed by atoms with Gasteiger partial charge in [0.15, 0.2) is 0 Å². The summed E-state index contributed by atoms with van der Waals surface area (Å²) in [5, 5.41) is 0. The minimum atomic E-state index is 0.228. The summed E-state index contributed by atoms with van der Waals surface area (Å²) in [6, 6.07) is 17.4. The zero-order valence-electron chi connectivity index (χ0n) is 11.2. The number of rotatable bonds is 2. The molecule has 0 aliphatic carbocycles. The Bertz CT molecular complexity index is 518. The lowest BCUT2D eigenvalue weighted by atomic mass is 9.86. The molecule has 0 nitrogen and oxygen atoms in total. The third-order valence-electron chi connectivity index (χ3n) is 3.17. The lowest BCUT2D eigenvalue weighted by Gasteiger charge is -2.19. The van der Waals surface area contributed by atoms with Crippen LogP contribution in [0.25, 0.3) is 0 Å². The van der Waals surface area contributed by atoms with Crippen molar-refractivity contribution in [2.75, 3.05) is 0 Å². The van der Waals surface area contributed by atoms with E-state index in [9.17, 15) is 0 Å². The van der Waals surface area contributed by atoms with E-state index in [-0.39, 0.29) is 5.41 Å². The van der Waals surface area contributed by atoms with E-state index in [1.54, 1.807) is 0 Å². The first kappa shape index (κ1) is 13.4. The van der Waals surface area contributed by atoms with E-state index in [1.165, 1.54) is 21.2 Å². The Morgan fingerprint density at radius 3 is 2.06 bits per heavy atom. The second kappa shape index (κ2) is 5.27. The van der Waals surface area contributed by atoms with Crippen LogP contribution >= 0.6 is 15.9 Å². The third-order valence-corrected chi connectivity index (χ3v) is 3.95. The smallest absolute Gasteiger partial charge is 0.0210 e. The van der Waals surface area contributed by atoms with Crippen LogP contribution < -0.4 is 0 Å². The summed E-state index contributed by atoms with van der Waals surface area (Å²) in [5.41, 5.74) is 4.31. The Kier molecular flexibility index (Phi) is 3.91. The highest BCUT2D eigenvalue weighted by Crippen LogP contribution is 2.24. The number of halogens is 1. The maximum Gasteiger partial charge on any atom is 0.0210 e. The molecular weight excluding hydrogens is 284 g/mol. The molecule has 0 saturated heterocycles. The van der Waals surface area contributed by atoms with Crippen LogP contribution in [0.2, 0.25) is 0 Å². The molecule has 0 aliphatic heterocycles. The van der Waals surface area contributed by atoms with Gasteiger partial charge in [0.05, 0.1) is 0 Å². The van der Waals surface area contributed by atoms with Crippen molar-refractivity contribution in [2.24, 2.45) is 0 Å². The van der Waals surface area contributed by atoms with Gasteiger partial charge in [0, 0.05) is 4.47 Å². The minimum Gasteiger partial charge on any atom is -0.0619 e. The van der Waals surface area contributed by atoms with Gasteiger partial charge in [0.25, 0.3) is 0 Å².